The Hall–Kier alpha value is -1.31. The average molecular weight is 273 g/mol. The van der Waals surface area contributed by atoms with Crippen LogP contribution in [0.4, 0.5) is 26.3 Å². The van der Waals surface area contributed by atoms with Gasteiger partial charge in [0.1, 0.15) is 6.10 Å². The second kappa shape index (κ2) is 4.75. The lowest BCUT2D eigenvalue weighted by Crippen LogP contribution is -2.41. The van der Waals surface area contributed by atoms with Crippen molar-refractivity contribution in [2.75, 3.05) is 0 Å². The third-order valence-electron chi connectivity index (χ3n) is 2.42. The fraction of sp³-hybridized carbons (Fsp3) is 0.500. The van der Waals surface area contributed by atoms with Crippen LogP contribution in [0.2, 0.25) is 0 Å². The van der Waals surface area contributed by atoms with E-state index in [0.29, 0.717) is 0 Å². The van der Waals surface area contributed by atoms with Gasteiger partial charge in [-0.25, -0.2) is 0 Å². The lowest BCUT2D eigenvalue weighted by molar-refractivity contribution is -0.307. The lowest BCUT2D eigenvalue weighted by Gasteiger charge is -2.28. The zero-order valence-electron chi connectivity index (χ0n) is 9.05. The SMILES string of the molecule is Cc1ccncc1C(O)C(C(F)(F)F)C(F)(F)F. The number of halogens is 6. The molecule has 1 atom stereocenters. The van der Waals surface area contributed by atoms with Crippen LogP contribution in [0, 0.1) is 12.8 Å². The van der Waals surface area contributed by atoms with Gasteiger partial charge in [0.2, 0.25) is 0 Å². The van der Waals surface area contributed by atoms with Crippen LogP contribution in [0.3, 0.4) is 0 Å². The van der Waals surface area contributed by atoms with Gasteiger partial charge in [-0.05, 0) is 18.6 Å². The van der Waals surface area contributed by atoms with Crippen LogP contribution in [-0.2, 0) is 0 Å². The molecule has 0 amide bonds. The Kier molecular flexibility index (Phi) is 3.89. The summed E-state index contributed by atoms with van der Waals surface area (Å²) < 4.78 is 74.3. The number of aliphatic hydroxyl groups is 1. The summed E-state index contributed by atoms with van der Waals surface area (Å²) in [6, 6.07) is 1.22. The summed E-state index contributed by atoms with van der Waals surface area (Å²) in [7, 11) is 0. The summed E-state index contributed by atoms with van der Waals surface area (Å²) >= 11 is 0. The fourth-order valence-electron chi connectivity index (χ4n) is 1.51. The minimum absolute atomic E-state index is 0.107. The zero-order valence-corrected chi connectivity index (χ0v) is 9.05. The first-order chi connectivity index (χ1) is 8.05. The van der Waals surface area contributed by atoms with Crippen molar-refractivity contribution in [1.82, 2.24) is 4.98 Å². The molecule has 0 spiro atoms. The molecule has 1 N–H and O–H groups in total. The summed E-state index contributed by atoms with van der Waals surface area (Å²) in [5.41, 5.74) is -0.381. The molecule has 0 aliphatic rings. The molecule has 1 unspecified atom stereocenters. The number of hydrogen-bond acceptors (Lipinski definition) is 2. The standard InChI is InChI=1S/C10H9F6NO/c1-5-2-3-17-4-6(5)7(18)8(9(11,12)13)10(14,15)16/h2-4,7-8,18H,1H3. The third-order valence-corrected chi connectivity index (χ3v) is 2.42. The third kappa shape index (κ3) is 3.12. The van der Waals surface area contributed by atoms with E-state index < -0.39 is 29.9 Å². The van der Waals surface area contributed by atoms with E-state index in [-0.39, 0.29) is 5.56 Å². The van der Waals surface area contributed by atoms with Gasteiger partial charge in [-0.2, -0.15) is 26.3 Å². The number of rotatable bonds is 2. The zero-order chi connectivity index (χ0) is 14.1. The van der Waals surface area contributed by atoms with Gasteiger partial charge in [-0.15, -0.1) is 0 Å². The topological polar surface area (TPSA) is 33.1 Å². The number of aryl methyl sites for hydroxylation is 1. The lowest BCUT2D eigenvalue weighted by atomic mass is 9.93. The quantitative estimate of drug-likeness (QED) is 0.839. The molecule has 0 aromatic carbocycles. The Bertz CT molecular complexity index is 400. The maximum absolute atomic E-state index is 12.4. The Morgan fingerprint density at radius 2 is 1.61 bits per heavy atom. The largest absolute Gasteiger partial charge is 0.403 e. The molecule has 8 heteroatoms. The van der Waals surface area contributed by atoms with Crippen molar-refractivity contribution in [2.45, 2.75) is 25.4 Å². The van der Waals surface area contributed by atoms with Crippen LogP contribution < -0.4 is 0 Å². The number of aliphatic hydroxyl groups excluding tert-OH is 1. The fourth-order valence-corrected chi connectivity index (χ4v) is 1.51. The maximum atomic E-state index is 12.4. The molecule has 0 bridgehead atoms. The van der Waals surface area contributed by atoms with Crippen LogP contribution >= 0.6 is 0 Å². The van der Waals surface area contributed by atoms with Crippen LogP contribution in [0.15, 0.2) is 18.5 Å². The Labute approximate surface area is 98.3 Å². The maximum Gasteiger partial charge on any atom is 0.403 e. The molecule has 18 heavy (non-hydrogen) atoms. The minimum atomic E-state index is -5.58. The average Bonchev–Trinajstić information content (AvgIpc) is 2.13. The number of aromatic nitrogens is 1. The molecule has 0 radical (unpaired) electrons. The van der Waals surface area contributed by atoms with Gasteiger partial charge in [0.25, 0.3) is 0 Å². The van der Waals surface area contributed by atoms with Crippen LogP contribution in [0.5, 0.6) is 0 Å². The Balaban J connectivity index is 3.20. The predicted octanol–water partition coefficient (Wildman–Crippen LogP) is 3.16. The van der Waals surface area contributed by atoms with Gasteiger partial charge in [-0.1, -0.05) is 0 Å². The predicted molar refractivity (Wildman–Crippen MR) is 49.5 cm³/mol. The molecular weight excluding hydrogens is 264 g/mol. The normalized spacial score (nSPS) is 14.9. The van der Waals surface area contributed by atoms with Crippen LogP contribution in [-0.4, -0.2) is 22.4 Å². The number of alkyl halides is 6. The molecule has 102 valence electrons. The second-order valence-corrected chi connectivity index (χ2v) is 3.74. The van der Waals surface area contributed by atoms with Gasteiger partial charge in [0.15, 0.2) is 5.92 Å². The van der Waals surface area contributed by atoms with Crippen molar-refractivity contribution in [3.8, 4) is 0 Å². The summed E-state index contributed by atoms with van der Waals surface area (Å²) in [6.45, 7) is 1.30. The van der Waals surface area contributed by atoms with Crippen molar-refractivity contribution in [2.24, 2.45) is 5.92 Å². The van der Waals surface area contributed by atoms with E-state index in [1.807, 2.05) is 0 Å². The van der Waals surface area contributed by atoms with Gasteiger partial charge >= 0.3 is 12.4 Å². The molecule has 0 saturated carbocycles. The first-order valence-corrected chi connectivity index (χ1v) is 4.77. The summed E-state index contributed by atoms with van der Waals surface area (Å²) in [4.78, 5) is 3.42. The van der Waals surface area contributed by atoms with E-state index in [2.05, 4.69) is 4.98 Å². The molecule has 0 saturated heterocycles. The van der Waals surface area contributed by atoms with E-state index >= 15 is 0 Å². The van der Waals surface area contributed by atoms with Crippen molar-refractivity contribution in [3.05, 3.63) is 29.6 Å². The molecule has 0 aliphatic heterocycles. The van der Waals surface area contributed by atoms with Crippen molar-refractivity contribution >= 4 is 0 Å². The van der Waals surface area contributed by atoms with Crippen molar-refractivity contribution in [1.29, 1.82) is 0 Å². The molecule has 0 aliphatic carbocycles. The highest BCUT2D eigenvalue weighted by Gasteiger charge is 2.60. The van der Waals surface area contributed by atoms with Crippen LogP contribution in [0.25, 0.3) is 0 Å². The molecule has 0 fully saturated rings. The molecule has 1 aromatic heterocycles. The highest BCUT2D eigenvalue weighted by atomic mass is 19.4. The Morgan fingerprint density at radius 1 is 1.11 bits per heavy atom. The summed E-state index contributed by atoms with van der Waals surface area (Å²) in [6.07, 6.45) is -11.9. The van der Waals surface area contributed by atoms with E-state index in [1.165, 1.54) is 19.2 Å². The monoisotopic (exact) mass is 273 g/mol. The van der Waals surface area contributed by atoms with E-state index in [0.717, 1.165) is 6.20 Å². The van der Waals surface area contributed by atoms with Gasteiger partial charge in [-0.3, -0.25) is 4.98 Å². The number of hydrogen-bond donors (Lipinski definition) is 1. The van der Waals surface area contributed by atoms with E-state index in [4.69, 9.17) is 0 Å². The number of pyridine rings is 1. The van der Waals surface area contributed by atoms with E-state index in [1.54, 1.807) is 0 Å². The molecular formula is C10H9F6NO. The van der Waals surface area contributed by atoms with Crippen LogP contribution in [0.1, 0.15) is 17.2 Å². The minimum Gasteiger partial charge on any atom is -0.387 e. The van der Waals surface area contributed by atoms with Gasteiger partial charge in [0.05, 0.1) is 0 Å². The molecule has 1 heterocycles. The smallest absolute Gasteiger partial charge is 0.387 e. The number of nitrogens with zero attached hydrogens (tertiary/aromatic N) is 1. The van der Waals surface area contributed by atoms with Crippen molar-refractivity contribution in [3.63, 3.8) is 0 Å². The van der Waals surface area contributed by atoms with Gasteiger partial charge < -0.3 is 5.11 Å². The first-order valence-electron chi connectivity index (χ1n) is 4.77. The Morgan fingerprint density at radius 3 is 2.00 bits per heavy atom. The summed E-state index contributed by atoms with van der Waals surface area (Å²) in [5, 5.41) is 9.35. The molecule has 2 nitrogen and oxygen atoms in total. The highest BCUT2D eigenvalue weighted by Crippen LogP contribution is 2.46. The molecule has 1 aromatic rings. The molecule has 1 rings (SSSR count). The summed E-state index contributed by atoms with van der Waals surface area (Å²) in [5.74, 6) is -3.83. The van der Waals surface area contributed by atoms with Gasteiger partial charge in [0, 0.05) is 18.0 Å². The second-order valence-electron chi connectivity index (χ2n) is 3.74. The van der Waals surface area contributed by atoms with E-state index in [9.17, 15) is 31.4 Å². The first kappa shape index (κ1) is 14.7. The van der Waals surface area contributed by atoms with Crippen molar-refractivity contribution < 1.29 is 31.4 Å². The highest BCUT2D eigenvalue weighted by molar-refractivity contribution is 5.25.